The van der Waals surface area contributed by atoms with Gasteiger partial charge in [0.05, 0.1) is 31.0 Å². The van der Waals surface area contributed by atoms with Crippen LogP contribution in [0, 0.1) is 5.82 Å². The molecule has 10 heteroatoms. The van der Waals surface area contributed by atoms with Gasteiger partial charge in [-0.25, -0.2) is 14.4 Å². The molecule has 4 heterocycles. The minimum absolute atomic E-state index is 0.0727. The third-order valence-electron chi connectivity index (χ3n) is 6.08. The Hall–Kier alpha value is -3.17. The second kappa shape index (κ2) is 9.99. The van der Waals surface area contributed by atoms with E-state index in [2.05, 4.69) is 19.7 Å². The van der Waals surface area contributed by atoms with Crippen LogP contribution in [0.15, 0.2) is 42.6 Å². The van der Waals surface area contributed by atoms with Crippen LogP contribution in [0.5, 0.6) is 5.75 Å². The number of benzene rings is 1. The minimum atomic E-state index is -0.450. The molecule has 2 aliphatic rings. The fraction of sp³-hybridized carbons (Fsp3) is 0.375. The fourth-order valence-corrected chi connectivity index (χ4v) is 4.40. The van der Waals surface area contributed by atoms with E-state index in [0.29, 0.717) is 24.9 Å². The minimum Gasteiger partial charge on any atom is -0.493 e. The summed E-state index contributed by atoms with van der Waals surface area (Å²) in [7, 11) is 1.66. The number of piperazine rings is 1. The molecular weight excluding hydrogens is 459 g/mol. The van der Waals surface area contributed by atoms with Gasteiger partial charge in [-0.2, -0.15) is 4.98 Å². The molecule has 0 bridgehead atoms. The maximum Gasteiger partial charge on any atom is 0.228 e. The van der Waals surface area contributed by atoms with Crippen molar-refractivity contribution in [2.24, 2.45) is 0 Å². The molecule has 0 saturated carbocycles. The van der Waals surface area contributed by atoms with Gasteiger partial charge in [0, 0.05) is 57.1 Å². The highest BCUT2D eigenvalue weighted by atomic mass is 35.5. The van der Waals surface area contributed by atoms with Crippen molar-refractivity contribution >= 4 is 29.2 Å². The Morgan fingerprint density at radius 3 is 2.44 bits per heavy atom. The van der Waals surface area contributed by atoms with Crippen molar-refractivity contribution in [3.8, 4) is 17.0 Å². The third kappa shape index (κ3) is 4.71. The molecule has 178 valence electrons. The van der Waals surface area contributed by atoms with Gasteiger partial charge in [-0.05, 0) is 30.3 Å². The summed E-state index contributed by atoms with van der Waals surface area (Å²) in [6.07, 6.45) is 1.78. The maximum atomic E-state index is 13.8. The highest BCUT2D eigenvalue weighted by molar-refractivity contribution is 6.31. The summed E-state index contributed by atoms with van der Waals surface area (Å²) in [4.78, 5) is 20.8. The molecule has 0 radical (unpaired) electrons. The van der Waals surface area contributed by atoms with Gasteiger partial charge in [0.25, 0.3) is 0 Å². The van der Waals surface area contributed by atoms with Crippen molar-refractivity contribution in [2.75, 3.05) is 74.3 Å². The SMILES string of the molecule is COc1cccnc1N1CCN(c2cc(-c3ccc(F)c(Cl)c3)nc(N3CCOCC3)n2)CC1. The topological polar surface area (TPSA) is 66.9 Å². The van der Waals surface area contributed by atoms with E-state index in [1.54, 1.807) is 25.4 Å². The van der Waals surface area contributed by atoms with Crippen molar-refractivity contribution in [3.05, 3.63) is 53.4 Å². The molecule has 0 unspecified atom stereocenters. The third-order valence-corrected chi connectivity index (χ3v) is 6.37. The first-order valence-corrected chi connectivity index (χ1v) is 11.7. The van der Waals surface area contributed by atoms with Gasteiger partial charge >= 0.3 is 0 Å². The van der Waals surface area contributed by atoms with Crippen molar-refractivity contribution in [1.29, 1.82) is 0 Å². The number of nitrogens with zero attached hydrogens (tertiary/aromatic N) is 6. The molecule has 0 spiro atoms. The number of pyridine rings is 1. The maximum absolute atomic E-state index is 13.8. The summed E-state index contributed by atoms with van der Waals surface area (Å²) in [6.45, 7) is 5.81. The number of morpholine rings is 1. The van der Waals surface area contributed by atoms with Crippen molar-refractivity contribution in [2.45, 2.75) is 0 Å². The van der Waals surface area contributed by atoms with Gasteiger partial charge in [-0.1, -0.05) is 11.6 Å². The largest absolute Gasteiger partial charge is 0.493 e. The summed E-state index contributed by atoms with van der Waals surface area (Å²) in [6, 6.07) is 10.4. The second-order valence-electron chi connectivity index (χ2n) is 8.14. The number of anilines is 3. The lowest BCUT2D eigenvalue weighted by Gasteiger charge is -2.37. The van der Waals surface area contributed by atoms with E-state index < -0.39 is 5.82 Å². The van der Waals surface area contributed by atoms with E-state index in [4.69, 9.17) is 31.0 Å². The first-order chi connectivity index (χ1) is 16.6. The summed E-state index contributed by atoms with van der Waals surface area (Å²) in [5, 5.41) is 0.0727. The van der Waals surface area contributed by atoms with E-state index >= 15 is 0 Å². The molecule has 2 fully saturated rings. The molecule has 34 heavy (non-hydrogen) atoms. The van der Waals surface area contributed by atoms with Crippen LogP contribution in [0.2, 0.25) is 5.02 Å². The predicted molar refractivity (Wildman–Crippen MR) is 131 cm³/mol. The zero-order valence-corrected chi connectivity index (χ0v) is 19.7. The van der Waals surface area contributed by atoms with E-state index in [0.717, 1.165) is 62.2 Å². The highest BCUT2D eigenvalue weighted by Gasteiger charge is 2.24. The van der Waals surface area contributed by atoms with E-state index in [1.165, 1.54) is 6.07 Å². The number of halogens is 2. The molecule has 8 nitrogen and oxygen atoms in total. The monoisotopic (exact) mass is 484 g/mol. The van der Waals surface area contributed by atoms with E-state index in [-0.39, 0.29) is 5.02 Å². The Bertz CT molecular complexity index is 1150. The van der Waals surface area contributed by atoms with Crippen LogP contribution in [0.1, 0.15) is 0 Å². The number of methoxy groups -OCH3 is 1. The van der Waals surface area contributed by atoms with Crippen LogP contribution in [-0.4, -0.2) is 74.5 Å². The first kappa shape index (κ1) is 22.6. The van der Waals surface area contributed by atoms with Crippen LogP contribution in [0.25, 0.3) is 11.3 Å². The van der Waals surface area contributed by atoms with Crippen LogP contribution in [0.3, 0.4) is 0 Å². The molecule has 2 saturated heterocycles. The van der Waals surface area contributed by atoms with Crippen molar-refractivity contribution < 1.29 is 13.9 Å². The lowest BCUT2D eigenvalue weighted by atomic mass is 10.1. The number of hydrogen-bond donors (Lipinski definition) is 0. The summed E-state index contributed by atoms with van der Waals surface area (Å²) in [5.41, 5.74) is 1.46. The second-order valence-corrected chi connectivity index (χ2v) is 8.55. The van der Waals surface area contributed by atoms with Gasteiger partial charge in [-0.15, -0.1) is 0 Å². The van der Waals surface area contributed by atoms with Gasteiger partial charge in [0.15, 0.2) is 11.6 Å². The highest BCUT2D eigenvalue weighted by Crippen LogP contribution is 2.30. The molecular formula is C24H26ClFN6O2. The Morgan fingerprint density at radius 1 is 0.941 bits per heavy atom. The molecule has 0 atom stereocenters. The standard InChI is InChI=1S/C24H26ClFN6O2/c1-33-21-3-2-6-27-23(21)31-9-7-30(8-10-31)22-16-20(17-4-5-19(26)18(25)15-17)28-24(29-22)32-11-13-34-14-12-32/h2-6,15-16H,7-14H2,1H3. The molecule has 1 aromatic carbocycles. The zero-order chi connectivity index (χ0) is 23.5. The molecule has 0 aliphatic carbocycles. The Morgan fingerprint density at radius 2 is 1.71 bits per heavy atom. The zero-order valence-electron chi connectivity index (χ0n) is 19.0. The van der Waals surface area contributed by atoms with Crippen LogP contribution < -0.4 is 19.4 Å². The lowest BCUT2D eigenvalue weighted by Crippen LogP contribution is -2.47. The number of hydrogen-bond acceptors (Lipinski definition) is 8. The van der Waals surface area contributed by atoms with Crippen LogP contribution in [-0.2, 0) is 4.74 Å². The number of rotatable bonds is 5. The van der Waals surface area contributed by atoms with Crippen molar-refractivity contribution in [3.63, 3.8) is 0 Å². The Kier molecular flexibility index (Phi) is 6.64. The predicted octanol–water partition coefficient (Wildman–Crippen LogP) is 3.50. The average Bonchev–Trinajstić information content (AvgIpc) is 2.90. The Balaban J connectivity index is 1.43. The molecule has 0 amide bonds. The molecule has 3 aromatic rings. The molecule has 2 aromatic heterocycles. The fourth-order valence-electron chi connectivity index (χ4n) is 4.22. The summed E-state index contributed by atoms with van der Waals surface area (Å²) in [5.74, 6) is 2.64. The van der Waals surface area contributed by atoms with Crippen LogP contribution in [0.4, 0.5) is 22.0 Å². The lowest BCUT2D eigenvalue weighted by molar-refractivity contribution is 0.122. The number of ether oxygens (including phenoxy) is 2. The van der Waals surface area contributed by atoms with Gasteiger partial charge in [-0.3, -0.25) is 0 Å². The molecule has 0 N–H and O–H groups in total. The summed E-state index contributed by atoms with van der Waals surface area (Å²) < 4.78 is 24.8. The molecule has 2 aliphatic heterocycles. The quantitative estimate of drug-likeness (QED) is 0.545. The Labute approximate surface area is 202 Å². The molecule has 5 rings (SSSR count). The van der Waals surface area contributed by atoms with E-state index in [9.17, 15) is 4.39 Å². The number of aromatic nitrogens is 3. The normalized spacial score (nSPS) is 16.6. The van der Waals surface area contributed by atoms with Gasteiger partial charge < -0.3 is 24.2 Å². The smallest absolute Gasteiger partial charge is 0.228 e. The summed E-state index contributed by atoms with van der Waals surface area (Å²) >= 11 is 6.06. The van der Waals surface area contributed by atoms with Gasteiger partial charge in [0.1, 0.15) is 11.6 Å². The first-order valence-electron chi connectivity index (χ1n) is 11.3. The van der Waals surface area contributed by atoms with Gasteiger partial charge in [0.2, 0.25) is 5.95 Å². The van der Waals surface area contributed by atoms with Crippen LogP contribution >= 0.6 is 11.6 Å². The average molecular weight is 485 g/mol. The van der Waals surface area contributed by atoms with E-state index in [1.807, 2.05) is 18.2 Å². The van der Waals surface area contributed by atoms with Crippen molar-refractivity contribution in [1.82, 2.24) is 15.0 Å².